The molecule has 148 valence electrons. The third kappa shape index (κ3) is 7.29. The summed E-state index contributed by atoms with van der Waals surface area (Å²) in [6.07, 6.45) is 4.83. The topological polar surface area (TPSA) is 99.8 Å². The number of benzene rings is 1. The molecule has 0 saturated carbocycles. The van der Waals surface area contributed by atoms with Crippen LogP contribution in [0.15, 0.2) is 29.3 Å². The van der Waals surface area contributed by atoms with Crippen molar-refractivity contribution in [1.82, 2.24) is 15.5 Å². The molecule has 1 aromatic rings. The maximum absolute atomic E-state index is 12.0. The van der Waals surface area contributed by atoms with E-state index in [-0.39, 0.29) is 5.91 Å². The van der Waals surface area contributed by atoms with E-state index >= 15 is 0 Å². The Morgan fingerprint density at radius 1 is 1.26 bits per heavy atom. The van der Waals surface area contributed by atoms with Gasteiger partial charge < -0.3 is 21.3 Å². The first kappa shape index (κ1) is 20.7. The van der Waals surface area contributed by atoms with Gasteiger partial charge in [-0.1, -0.05) is 18.6 Å². The Kier molecular flexibility index (Phi) is 8.61. The molecule has 1 aliphatic heterocycles. The first-order valence-electron chi connectivity index (χ1n) is 9.79. The zero-order valence-corrected chi connectivity index (χ0v) is 16.2. The van der Waals surface area contributed by atoms with Crippen LogP contribution in [0.25, 0.3) is 0 Å². The molecule has 0 bridgehead atoms. The first-order valence-corrected chi connectivity index (χ1v) is 9.79. The van der Waals surface area contributed by atoms with Crippen molar-refractivity contribution in [3.05, 3.63) is 35.4 Å². The summed E-state index contributed by atoms with van der Waals surface area (Å²) in [5.41, 5.74) is 6.74. The molecule has 1 saturated heterocycles. The minimum absolute atomic E-state index is 0.280. The van der Waals surface area contributed by atoms with E-state index in [2.05, 4.69) is 15.6 Å². The lowest BCUT2D eigenvalue weighted by Gasteiger charge is -2.20. The minimum Gasteiger partial charge on any atom is -0.366 e. The number of nitrogens with one attached hydrogen (secondary N) is 2. The van der Waals surface area contributed by atoms with Gasteiger partial charge in [-0.05, 0) is 43.9 Å². The van der Waals surface area contributed by atoms with Crippen molar-refractivity contribution in [3.8, 4) is 0 Å². The molecule has 0 aromatic heterocycles. The number of amides is 2. The van der Waals surface area contributed by atoms with Gasteiger partial charge in [0.05, 0.1) is 6.54 Å². The molecule has 0 radical (unpaired) electrons. The van der Waals surface area contributed by atoms with Crippen LogP contribution in [0.3, 0.4) is 0 Å². The summed E-state index contributed by atoms with van der Waals surface area (Å²) in [6.45, 7) is 5.64. The molecule has 7 nitrogen and oxygen atoms in total. The SMILES string of the molecule is CCNC(=NCc1cccc(C(N)=O)c1)NCCCN1CCCCCC1=O. The van der Waals surface area contributed by atoms with Crippen LogP contribution >= 0.6 is 0 Å². The summed E-state index contributed by atoms with van der Waals surface area (Å²) in [4.78, 5) is 29.8. The van der Waals surface area contributed by atoms with Crippen molar-refractivity contribution in [1.29, 1.82) is 0 Å². The van der Waals surface area contributed by atoms with Gasteiger partial charge in [-0.3, -0.25) is 9.59 Å². The Morgan fingerprint density at radius 3 is 2.89 bits per heavy atom. The Bertz CT molecular complexity index is 660. The summed E-state index contributed by atoms with van der Waals surface area (Å²) < 4.78 is 0. The van der Waals surface area contributed by atoms with Crippen LogP contribution in [-0.2, 0) is 11.3 Å². The van der Waals surface area contributed by atoms with Crippen molar-refractivity contribution in [2.45, 2.75) is 45.6 Å². The maximum Gasteiger partial charge on any atom is 0.248 e. The van der Waals surface area contributed by atoms with Crippen molar-refractivity contribution >= 4 is 17.8 Å². The predicted octanol–water partition coefficient (Wildman–Crippen LogP) is 1.63. The van der Waals surface area contributed by atoms with Crippen molar-refractivity contribution in [2.75, 3.05) is 26.2 Å². The van der Waals surface area contributed by atoms with Gasteiger partial charge in [-0.2, -0.15) is 0 Å². The molecule has 2 rings (SSSR count). The Hall–Kier alpha value is -2.57. The number of nitrogens with zero attached hydrogens (tertiary/aromatic N) is 2. The van der Waals surface area contributed by atoms with Crippen LogP contribution in [0.2, 0.25) is 0 Å². The number of likely N-dealkylation sites (tertiary alicyclic amines) is 1. The van der Waals surface area contributed by atoms with Gasteiger partial charge in [0, 0.05) is 38.2 Å². The fourth-order valence-electron chi connectivity index (χ4n) is 3.09. The smallest absolute Gasteiger partial charge is 0.248 e. The summed E-state index contributed by atoms with van der Waals surface area (Å²) in [5.74, 6) is 0.570. The second-order valence-corrected chi connectivity index (χ2v) is 6.73. The summed E-state index contributed by atoms with van der Waals surface area (Å²) in [7, 11) is 0. The van der Waals surface area contributed by atoms with E-state index < -0.39 is 5.91 Å². The first-order chi connectivity index (χ1) is 13.1. The second-order valence-electron chi connectivity index (χ2n) is 6.73. The largest absolute Gasteiger partial charge is 0.366 e. The number of rotatable bonds is 8. The number of primary amides is 1. The Balaban J connectivity index is 1.82. The van der Waals surface area contributed by atoms with E-state index in [1.807, 2.05) is 24.0 Å². The van der Waals surface area contributed by atoms with E-state index in [0.717, 1.165) is 63.4 Å². The fourth-order valence-corrected chi connectivity index (χ4v) is 3.09. The van der Waals surface area contributed by atoms with Crippen LogP contribution in [0.5, 0.6) is 0 Å². The Morgan fingerprint density at radius 2 is 2.11 bits per heavy atom. The van der Waals surface area contributed by atoms with E-state index in [0.29, 0.717) is 18.5 Å². The molecule has 0 unspecified atom stereocenters. The van der Waals surface area contributed by atoms with Crippen molar-refractivity contribution < 1.29 is 9.59 Å². The number of nitrogens with two attached hydrogens (primary N) is 1. The van der Waals surface area contributed by atoms with Crippen LogP contribution in [0, 0.1) is 0 Å². The van der Waals surface area contributed by atoms with Crippen LogP contribution in [-0.4, -0.2) is 48.9 Å². The molecule has 0 spiro atoms. The monoisotopic (exact) mass is 373 g/mol. The average Bonchev–Trinajstić information content (AvgIpc) is 2.87. The zero-order chi connectivity index (χ0) is 19.5. The lowest BCUT2D eigenvalue weighted by molar-refractivity contribution is -0.130. The molecule has 1 aromatic carbocycles. The second kappa shape index (κ2) is 11.2. The normalized spacial score (nSPS) is 15.4. The van der Waals surface area contributed by atoms with Gasteiger partial charge >= 0.3 is 0 Å². The van der Waals surface area contributed by atoms with E-state index in [9.17, 15) is 9.59 Å². The van der Waals surface area contributed by atoms with E-state index in [1.54, 1.807) is 12.1 Å². The maximum atomic E-state index is 12.0. The van der Waals surface area contributed by atoms with Crippen LogP contribution in [0.1, 0.15) is 54.9 Å². The van der Waals surface area contributed by atoms with Gasteiger partial charge in [-0.25, -0.2) is 4.99 Å². The van der Waals surface area contributed by atoms with Gasteiger partial charge in [0.2, 0.25) is 11.8 Å². The zero-order valence-electron chi connectivity index (χ0n) is 16.2. The highest BCUT2D eigenvalue weighted by molar-refractivity contribution is 5.92. The van der Waals surface area contributed by atoms with Gasteiger partial charge in [-0.15, -0.1) is 0 Å². The highest BCUT2D eigenvalue weighted by Crippen LogP contribution is 2.11. The van der Waals surface area contributed by atoms with Gasteiger partial charge in [0.25, 0.3) is 0 Å². The molecule has 0 atom stereocenters. The highest BCUT2D eigenvalue weighted by Gasteiger charge is 2.15. The summed E-state index contributed by atoms with van der Waals surface area (Å²) >= 11 is 0. The quantitative estimate of drug-likeness (QED) is 0.366. The van der Waals surface area contributed by atoms with Crippen LogP contribution < -0.4 is 16.4 Å². The fraction of sp³-hybridized carbons (Fsp3) is 0.550. The lowest BCUT2D eigenvalue weighted by atomic mass is 10.1. The number of aliphatic imine (C=N–C) groups is 1. The molecular formula is C20H31N5O2. The lowest BCUT2D eigenvalue weighted by Crippen LogP contribution is -2.39. The van der Waals surface area contributed by atoms with E-state index in [1.165, 1.54) is 0 Å². The minimum atomic E-state index is -0.436. The molecule has 4 N–H and O–H groups in total. The number of hydrogen-bond acceptors (Lipinski definition) is 3. The molecule has 7 heteroatoms. The summed E-state index contributed by atoms with van der Waals surface area (Å²) in [6, 6.07) is 7.19. The third-order valence-corrected chi connectivity index (χ3v) is 4.54. The standard InChI is InChI=1S/C20H31N5O2/c1-2-22-20(24-15-16-8-6-9-17(14-16)19(21)27)23-11-7-13-25-12-5-3-4-10-18(25)26/h6,8-9,14H,2-5,7,10-13,15H2,1H3,(H2,21,27)(H2,22,23,24). The van der Waals surface area contributed by atoms with Crippen molar-refractivity contribution in [3.63, 3.8) is 0 Å². The molecule has 1 aliphatic rings. The molecule has 1 fully saturated rings. The molecule has 1 heterocycles. The van der Waals surface area contributed by atoms with Crippen molar-refractivity contribution in [2.24, 2.45) is 10.7 Å². The number of carbonyl (C=O) groups is 2. The summed E-state index contributed by atoms with van der Waals surface area (Å²) in [5, 5.41) is 6.52. The average molecular weight is 374 g/mol. The number of carbonyl (C=O) groups excluding carboxylic acids is 2. The molecule has 27 heavy (non-hydrogen) atoms. The predicted molar refractivity (Wildman–Crippen MR) is 107 cm³/mol. The molecule has 2 amide bonds. The highest BCUT2D eigenvalue weighted by atomic mass is 16.2. The third-order valence-electron chi connectivity index (χ3n) is 4.54. The molecular weight excluding hydrogens is 342 g/mol. The van der Waals surface area contributed by atoms with Crippen LogP contribution in [0.4, 0.5) is 0 Å². The number of guanidine groups is 1. The van der Waals surface area contributed by atoms with Gasteiger partial charge in [0.1, 0.15) is 0 Å². The van der Waals surface area contributed by atoms with E-state index in [4.69, 9.17) is 5.73 Å². The number of hydrogen-bond donors (Lipinski definition) is 3. The Labute approximate surface area is 161 Å². The van der Waals surface area contributed by atoms with Gasteiger partial charge in [0.15, 0.2) is 5.96 Å². The molecule has 0 aliphatic carbocycles.